The van der Waals surface area contributed by atoms with Crippen LogP contribution in [0.15, 0.2) is 40.6 Å². The Balaban J connectivity index is 2.35. The van der Waals surface area contributed by atoms with Gasteiger partial charge in [0, 0.05) is 18.9 Å². The van der Waals surface area contributed by atoms with Gasteiger partial charge in [-0.25, -0.2) is 18.5 Å². The van der Waals surface area contributed by atoms with Crippen molar-refractivity contribution < 1.29 is 16.8 Å². The quantitative estimate of drug-likeness (QED) is 0.827. The van der Waals surface area contributed by atoms with Crippen molar-refractivity contribution in [3.8, 4) is 0 Å². The van der Waals surface area contributed by atoms with E-state index in [0.717, 1.165) is 0 Å². The van der Waals surface area contributed by atoms with Gasteiger partial charge in [0.25, 0.3) is 10.0 Å². The van der Waals surface area contributed by atoms with Gasteiger partial charge in [-0.05, 0) is 30.7 Å². The van der Waals surface area contributed by atoms with Crippen molar-refractivity contribution in [1.82, 2.24) is 9.55 Å². The average Bonchev–Trinajstić information content (AvgIpc) is 2.74. The minimum Gasteiger partial charge on any atom is -0.339 e. The molecule has 0 aliphatic heterocycles. The number of aryl methyl sites for hydroxylation is 2. The highest BCUT2D eigenvalue weighted by atomic mass is 32.2. The topological polar surface area (TPSA) is 124 Å². The molecule has 0 unspecified atom stereocenters. The SMILES string of the molecule is Cc1cc(NS(=O)(=O)c2cn(C)cn2)ccc1S(N)(=O)=O. The molecule has 3 N–H and O–H groups in total. The van der Waals surface area contributed by atoms with Crippen molar-refractivity contribution >= 4 is 25.7 Å². The fraction of sp³-hybridized carbons (Fsp3) is 0.182. The first-order valence-corrected chi connectivity index (χ1v) is 8.77. The lowest BCUT2D eigenvalue weighted by Gasteiger charge is -2.09. The normalized spacial score (nSPS) is 12.3. The van der Waals surface area contributed by atoms with Crippen molar-refractivity contribution in [3.63, 3.8) is 0 Å². The first-order chi connectivity index (χ1) is 9.59. The van der Waals surface area contributed by atoms with E-state index < -0.39 is 20.0 Å². The number of aromatic nitrogens is 2. The fourth-order valence-corrected chi connectivity index (χ4v) is 3.57. The molecule has 1 heterocycles. The van der Waals surface area contributed by atoms with Crippen molar-refractivity contribution in [2.24, 2.45) is 12.2 Å². The number of nitrogens with two attached hydrogens (primary N) is 1. The number of benzene rings is 1. The van der Waals surface area contributed by atoms with Gasteiger partial charge in [0.1, 0.15) is 0 Å². The van der Waals surface area contributed by atoms with E-state index >= 15 is 0 Å². The van der Waals surface area contributed by atoms with Crippen LogP contribution in [0.25, 0.3) is 0 Å². The largest absolute Gasteiger partial charge is 0.339 e. The maximum Gasteiger partial charge on any atom is 0.280 e. The van der Waals surface area contributed by atoms with Crippen molar-refractivity contribution in [2.45, 2.75) is 16.8 Å². The van der Waals surface area contributed by atoms with Crippen molar-refractivity contribution in [3.05, 3.63) is 36.3 Å². The maximum absolute atomic E-state index is 12.1. The predicted molar refractivity (Wildman–Crippen MR) is 76.6 cm³/mol. The highest BCUT2D eigenvalue weighted by molar-refractivity contribution is 7.92. The Morgan fingerprint density at radius 2 is 1.90 bits per heavy atom. The predicted octanol–water partition coefficient (Wildman–Crippen LogP) is 0.177. The first kappa shape index (κ1) is 15.5. The Morgan fingerprint density at radius 1 is 1.24 bits per heavy atom. The van der Waals surface area contributed by atoms with Gasteiger partial charge in [-0.3, -0.25) is 4.72 Å². The summed E-state index contributed by atoms with van der Waals surface area (Å²) in [5.74, 6) is 0. The first-order valence-electron chi connectivity index (χ1n) is 5.74. The van der Waals surface area contributed by atoms with E-state index in [4.69, 9.17) is 5.14 Å². The van der Waals surface area contributed by atoms with Crippen molar-refractivity contribution in [2.75, 3.05) is 4.72 Å². The van der Waals surface area contributed by atoms with E-state index in [1.165, 1.54) is 42.2 Å². The zero-order valence-corrected chi connectivity index (χ0v) is 12.9. The fourth-order valence-electron chi connectivity index (χ4n) is 1.77. The third-order valence-electron chi connectivity index (χ3n) is 2.69. The molecule has 8 nitrogen and oxygen atoms in total. The molecule has 0 saturated heterocycles. The van der Waals surface area contributed by atoms with Gasteiger partial charge < -0.3 is 4.57 Å². The smallest absolute Gasteiger partial charge is 0.280 e. The Hall–Kier alpha value is -1.91. The van der Waals surface area contributed by atoms with Crippen molar-refractivity contribution in [1.29, 1.82) is 0 Å². The van der Waals surface area contributed by atoms with Gasteiger partial charge in [0.15, 0.2) is 5.03 Å². The number of imidazole rings is 1. The number of rotatable bonds is 4. The molecule has 0 radical (unpaired) electrons. The Morgan fingerprint density at radius 3 is 2.38 bits per heavy atom. The maximum atomic E-state index is 12.1. The van der Waals surface area contributed by atoms with E-state index in [9.17, 15) is 16.8 Å². The number of nitrogens with zero attached hydrogens (tertiary/aromatic N) is 2. The third kappa shape index (κ3) is 3.40. The molecular weight excluding hydrogens is 316 g/mol. The minimum atomic E-state index is -3.84. The summed E-state index contributed by atoms with van der Waals surface area (Å²) in [6.07, 6.45) is 2.72. The molecule has 2 aromatic rings. The van der Waals surface area contributed by atoms with Crippen LogP contribution in [0.3, 0.4) is 0 Å². The van der Waals surface area contributed by atoms with Crippen LogP contribution < -0.4 is 9.86 Å². The third-order valence-corrected chi connectivity index (χ3v) is 5.03. The lowest BCUT2D eigenvalue weighted by molar-refractivity contribution is 0.596. The second-order valence-corrected chi connectivity index (χ2v) is 7.67. The molecule has 10 heteroatoms. The molecule has 0 spiro atoms. The van der Waals surface area contributed by atoms with Gasteiger partial charge in [0.05, 0.1) is 11.2 Å². The molecule has 1 aromatic heterocycles. The van der Waals surface area contributed by atoms with Crippen LogP contribution in [-0.2, 0) is 27.1 Å². The molecule has 0 fully saturated rings. The number of hydrogen-bond donors (Lipinski definition) is 2. The van der Waals surface area contributed by atoms with E-state index in [-0.39, 0.29) is 15.6 Å². The second kappa shape index (κ2) is 5.13. The number of nitrogens with one attached hydrogen (secondary N) is 1. The van der Waals surface area contributed by atoms with Gasteiger partial charge >= 0.3 is 0 Å². The van der Waals surface area contributed by atoms with E-state index in [1.54, 1.807) is 7.05 Å². The minimum absolute atomic E-state index is 0.0525. The van der Waals surface area contributed by atoms with E-state index in [1.807, 2.05) is 0 Å². The Labute approximate surface area is 122 Å². The average molecular weight is 330 g/mol. The summed E-state index contributed by atoms with van der Waals surface area (Å²) >= 11 is 0. The van der Waals surface area contributed by atoms with Gasteiger partial charge in [-0.2, -0.15) is 8.42 Å². The number of hydrogen-bond acceptors (Lipinski definition) is 5. The molecule has 0 aliphatic carbocycles. The van der Waals surface area contributed by atoms with Crippen LogP contribution in [0.1, 0.15) is 5.56 Å². The molecule has 0 amide bonds. The second-order valence-electron chi connectivity index (χ2n) is 4.51. The lowest BCUT2D eigenvalue weighted by atomic mass is 10.2. The molecule has 0 bridgehead atoms. The molecule has 0 aliphatic rings. The number of primary sulfonamides is 1. The zero-order valence-electron chi connectivity index (χ0n) is 11.3. The summed E-state index contributed by atoms with van der Waals surface area (Å²) in [4.78, 5) is 3.71. The van der Waals surface area contributed by atoms with E-state index in [0.29, 0.717) is 5.56 Å². The summed E-state index contributed by atoms with van der Waals surface area (Å²) in [5.41, 5.74) is 0.573. The van der Waals surface area contributed by atoms with Crippen LogP contribution in [0.5, 0.6) is 0 Å². The molecule has 0 saturated carbocycles. The standard InChI is InChI=1S/C11H14N4O4S2/c1-8-5-9(3-4-10(8)20(12,16)17)14-21(18,19)11-6-15(2)7-13-11/h3-7,14H,1-2H3,(H2,12,16,17). The summed E-state index contributed by atoms with van der Waals surface area (Å²) in [7, 11) is -6.01. The Kier molecular flexibility index (Phi) is 3.78. The van der Waals surface area contributed by atoms with Crippen LogP contribution in [0.2, 0.25) is 0 Å². The summed E-state index contributed by atoms with van der Waals surface area (Å²) in [6, 6.07) is 3.97. The number of sulfonamides is 2. The highest BCUT2D eigenvalue weighted by Gasteiger charge is 2.18. The lowest BCUT2D eigenvalue weighted by Crippen LogP contribution is -2.16. The number of anilines is 1. The molecule has 2 rings (SSSR count). The Bertz CT molecular complexity index is 885. The summed E-state index contributed by atoms with van der Waals surface area (Å²) in [6.45, 7) is 1.53. The van der Waals surface area contributed by atoms with Crippen LogP contribution in [0.4, 0.5) is 5.69 Å². The molecule has 0 atom stereocenters. The summed E-state index contributed by atoms with van der Waals surface area (Å²) in [5, 5.41) is 4.92. The van der Waals surface area contributed by atoms with Crippen LogP contribution in [0, 0.1) is 6.92 Å². The molecular formula is C11H14N4O4S2. The van der Waals surface area contributed by atoms with E-state index in [2.05, 4.69) is 9.71 Å². The van der Waals surface area contributed by atoms with Gasteiger partial charge in [0.2, 0.25) is 10.0 Å². The highest BCUT2D eigenvalue weighted by Crippen LogP contribution is 2.20. The molecule has 1 aromatic carbocycles. The molecule has 21 heavy (non-hydrogen) atoms. The van der Waals surface area contributed by atoms with Gasteiger partial charge in [-0.15, -0.1) is 0 Å². The van der Waals surface area contributed by atoms with Crippen LogP contribution in [-0.4, -0.2) is 26.4 Å². The zero-order chi connectivity index (χ0) is 15.8. The molecule has 114 valence electrons. The summed E-state index contributed by atoms with van der Waals surface area (Å²) < 4.78 is 50.6. The van der Waals surface area contributed by atoms with Crippen LogP contribution >= 0.6 is 0 Å². The monoisotopic (exact) mass is 330 g/mol. The van der Waals surface area contributed by atoms with Gasteiger partial charge in [-0.1, -0.05) is 0 Å².